The molecule has 0 fully saturated rings. The van der Waals surface area contributed by atoms with Crippen molar-refractivity contribution in [1.82, 2.24) is 15.5 Å². The van der Waals surface area contributed by atoms with Gasteiger partial charge in [-0.05, 0) is 26.5 Å². The van der Waals surface area contributed by atoms with Gasteiger partial charge in [0.2, 0.25) is 5.89 Å². The molecule has 1 aliphatic heterocycles. The lowest BCUT2D eigenvalue weighted by Gasteiger charge is -2.22. The molecular formula is C15H19N3O2. The van der Waals surface area contributed by atoms with Crippen molar-refractivity contribution < 1.29 is 9.26 Å². The summed E-state index contributed by atoms with van der Waals surface area (Å²) in [4.78, 5) is 4.55. The lowest BCUT2D eigenvalue weighted by atomic mass is 9.93. The minimum Gasteiger partial charge on any atom is -0.493 e. The number of ether oxygens (including phenoxy) is 1. The second kappa shape index (κ2) is 5.63. The fraction of sp³-hybridized carbons (Fsp3) is 0.467. The Labute approximate surface area is 118 Å². The molecule has 5 nitrogen and oxygen atoms in total. The predicted octanol–water partition coefficient (Wildman–Crippen LogP) is 2.13. The van der Waals surface area contributed by atoms with Gasteiger partial charge < -0.3 is 14.6 Å². The molecule has 0 aliphatic carbocycles. The Balaban J connectivity index is 1.84. The number of nitrogens with zero attached hydrogens (tertiary/aromatic N) is 2. The SMILES string of the molecule is CNC(C)Cc1noc(C2CCOc3ccccc32)n1. The highest BCUT2D eigenvalue weighted by Crippen LogP contribution is 2.37. The van der Waals surface area contributed by atoms with Crippen molar-refractivity contribution in [1.29, 1.82) is 0 Å². The van der Waals surface area contributed by atoms with Crippen molar-refractivity contribution in [3.63, 3.8) is 0 Å². The van der Waals surface area contributed by atoms with E-state index in [0.717, 1.165) is 30.0 Å². The van der Waals surface area contributed by atoms with Gasteiger partial charge in [0.25, 0.3) is 0 Å². The first kappa shape index (κ1) is 13.1. The number of likely N-dealkylation sites (N-methyl/N-ethyl adjacent to an activating group) is 1. The van der Waals surface area contributed by atoms with Crippen LogP contribution in [0.4, 0.5) is 0 Å². The summed E-state index contributed by atoms with van der Waals surface area (Å²) in [5.41, 5.74) is 1.13. The highest BCUT2D eigenvalue weighted by molar-refractivity contribution is 5.40. The first-order valence-electron chi connectivity index (χ1n) is 6.99. The summed E-state index contributed by atoms with van der Waals surface area (Å²) >= 11 is 0. The fourth-order valence-corrected chi connectivity index (χ4v) is 2.47. The van der Waals surface area contributed by atoms with Crippen molar-refractivity contribution in [2.24, 2.45) is 0 Å². The molecule has 1 aromatic heterocycles. The lowest BCUT2D eigenvalue weighted by Crippen LogP contribution is -2.24. The van der Waals surface area contributed by atoms with E-state index in [0.29, 0.717) is 18.5 Å². The zero-order valence-corrected chi connectivity index (χ0v) is 11.8. The van der Waals surface area contributed by atoms with Crippen LogP contribution < -0.4 is 10.1 Å². The van der Waals surface area contributed by atoms with Crippen LogP contribution in [-0.4, -0.2) is 29.8 Å². The van der Waals surface area contributed by atoms with Gasteiger partial charge in [0, 0.05) is 18.0 Å². The van der Waals surface area contributed by atoms with E-state index in [-0.39, 0.29) is 5.92 Å². The normalized spacial score (nSPS) is 19.2. The van der Waals surface area contributed by atoms with Crippen molar-refractivity contribution in [3.8, 4) is 5.75 Å². The number of para-hydroxylation sites is 1. The summed E-state index contributed by atoms with van der Waals surface area (Å²) in [6.07, 6.45) is 1.64. The summed E-state index contributed by atoms with van der Waals surface area (Å²) in [7, 11) is 1.93. The van der Waals surface area contributed by atoms with Gasteiger partial charge in [-0.3, -0.25) is 0 Å². The molecule has 20 heavy (non-hydrogen) atoms. The van der Waals surface area contributed by atoms with Crippen molar-refractivity contribution in [3.05, 3.63) is 41.5 Å². The molecule has 3 rings (SSSR count). The molecule has 0 saturated heterocycles. The second-order valence-electron chi connectivity index (χ2n) is 5.17. The van der Waals surface area contributed by atoms with Crippen LogP contribution in [0.5, 0.6) is 5.75 Å². The molecule has 1 aliphatic rings. The van der Waals surface area contributed by atoms with Crippen molar-refractivity contribution in [2.75, 3.05) is 13.7 Å². The van der Waals surface area contributed by atoms with Gasteiger partial charge in [-0.25, -0.2) is 0 Å². The molecular weight excluding hydrogens is 254 g/mol. The van der Waals surface area contributed by atoms with E-state index in [9.17, 15) is 0 Å². The van der Waals surface area contributed by atoms with Crippen LogP contribution in [0, 0.1) is 0 Å². The molecule has 0 radical (unpaired) electrons. The Morgan fingerprint density at radius 3 is 3.10 bits per heavy atom. The van der Waals surface area contributed by atoms with E-state index < -0.39 is 0 Å². The Bertz CT molecular complexity index is 582. The molecule has 2 atom stereocenters. The lowest BCUT2D eigenvalue weighted by molar-refractivity contribution is 0.256. The third kappa shape index (κ3) is 2.54. The number of nitrogens with one attached hydrogen (secondary N) is 1. The summed E-state index contributed by atoms with van der Waals surface area (Å²) in [6, 6.07) is 8.39. The van der Waals surface area contributed by atoms with Crippen LogP contribution in [-0.2, 0) is 6.42 Å². The van der Waals surface area contributed by atoms with Crippen molar-refractivity contribution in [2.45, 2.75) is 31.7 Å². The van der Waals surface area contributed by atoms with Crippen LogP contribution in [0.15, 0.2) is 28.8 Å². The zero-order chi connectivity index (χ0) is 13.9. The Kier molecular flexibility index (Phi) is 3.69. The van der Waals surface area contributed by atoms with Crippen molar-refractivity contribution >= 4 is 0 Å². The molecule has 2 heterocycles. The average Bonchev–Trinajstić information content (AvgIpc) is 2.94. The first-order chi connectivity index (χ1) is 9.78. The molecule has 2 unspecified atom stereocenters. The standard InChI is InChI=1S/C15H19N3O2/c1-10(16-2)9-14-17-15(20-18-14)12-7-8-19-13-6-4-3-5-11(12)13/h3-6,10,12,16H,7-9H2,1-2H3. The molecule has 106 valence electrons. The molecule has 0 amide bonds. The van der Waals surface area contributed by atoms with Gasteiger partial charge in [-0.1, -0.05) is 23.4 Å². The van der Waals surface area contributed by atoms with E-state index in [1.807, 2.05) is 25.2 Å². The van der Waals surface area contributed by atoms with Crippen LogP contribution in [0.3, 0.4) is 0 Å². The topological polar surface area (TPSA) is 60.2 Å². The van der Waals surface area contributed by atoms with Crippen LogP contribution in [0.2, 0.25) is 0 Å². The Morgan fingerprint density at radius 1 is 1.40 bits per heavy atom. The number of hydrogen-bond acceptors (Lipinski definition) is 5. The minimum atomic E-state index is 0.145. The minimum absolute atomic E-state index is 0.145. The Morgan fingerprint density at radius 2 is 2.25 bits per heavy atom. The molecule has 2 aromatic rings. The van der Waals surface area contributed by atoms with E-state index in [1.165, 1.54) is 0 Å². The summed E-state index contributed by atoms with van der Waals surface area (Å²) in [5, 5.41) is 7.26. The monoisotopic (exact) mass is 273 g/mol. The first-order valence-corrected chi connectivity index (χ1v) is 6.99. The van der Waals surface area contributed by atoms with Gasteiger partial charge in [0.05, 0.1) is 12.5 Å². The molecule has 0 bridgehead atoms. The predicted molar refractivity (Wildman–Crippen MR) is 74.9 cm³/mol. The molecule has 0 saturated carbocycles. The number of aromatic nitrogens is 2. The summed E-state index contributed by atoms with van der Waals surface area (Å²) in [5.74, 6) is 2.52. The number of rotatable bonds is 4. The van der Waals surface area contributed by atoms with Gasteiger partial charge in [-0.2, -0.15) is 4.98 Å². The number of benzene rings is 1. The maximum atomic E-state index is 5.66. The Hall–Kier alpha value is -1.88. The smallest absolute Gasteiger partial charge is 0.234 e. The summed E-state index contributed by atoms with van der Waals surface area (Å²) in [6.45, 7) is 2.78. The van der Waals surface area contributed by atoms with Gasteiger partial charge >= 0.3 is 0 Å². The molecule has 1 aromatic carbocycles. The van der Waals surface area contributed by atoms with Gasteiger partial charge in [0.1, 0.15) is 5.75 Å². The maximum Gasteiger partial charge on any atom is 0.234 e. The largest absolute Gasteiger partial charge is 0.493 e. The third-order valence-electron chi connectivity index (χ3n) is 3.72. The van der Waals surface area contributed by atoms with E-state index in [2.05, 4.69) is 28.4 Å². The fourth-order valence-electron chi connectivity index (χ4n) is 2.47. The quantitative estimate of drug-likeness (QED) is 0.924. The zero-order valence-electron chi connectivity index (χ0n) is 11.8. The number of fused-ring (bicyclic) bond motifs is 1. The van der Waals surface area contributed by atoms with E-state index >= 15 is 0 Å². The second-order valence-corrected chi connectivity index (χ2v) is 5.17. The van der Waals surface area contributed by atoms with E-state index in [1.54, 1.807) is 0 Å². The van der Waals surface area contributed by atoms with Gasteiger partial charge in [0.15, 0.2) is 5.82 Å². The van der Waals surface area contributed by atoms with Gasteiger partial charge in [-0.15, -0.1) is 0 Å². The summed E-state index contributed by atoms with van der Waals surface area (Å²) < 4.78 is 11.1. The third-order valence-corrected chi connectivity index (χ3v) is 3.72. The van der Waals surface area contributed by atoms with Crippen LogP contribution >= 0.6 is 0 Å². The van der Waals surface area contributed by atoms with Crippen LogP contribution in [0.1, 0.15) is 36.5 Å². The van der Waals surface area contributed by atoms with E-state index in [4.69, 9.17) is 9.26 Å². The molecule has 5 heteroatoms. The molecule has 1 N–H and O–H groups in total. The van der Waals surface area contributed by atoms with Crippen LogP contribution in [0.25, 0.3) is 0 Å². The highest BCUT2D eigenvalue weighted by Gasteiger charge is 2.27. The average molecular weight is 273 g/mol. The molecule has 0 spiro atoms. The number of hydrogen-bond donors (Lipinski definition) is 1. The highest BCUT2D eigenvalue weighted by atomic mass is 16.5. The maximum absolute atomic E-state index is 5.66.